The molecule has 0 N–H and O–H groups in total. The SMILES string of the molecule is CON(C)C(=O)C[C@H]1C(C)=CC[C@H](C(C)C)[C@H]1C=O. The molecule has 1 aliphatic carbocycles. The normalized spacial score (nSPS) is 27.1. The minimum atomic E-state index is -0.0866. The van der Waals surface area contributed by atoms with Crippen molar-refractivity contribution in [1.82, 2.24) is 5.06 Å². The van der Waals surface area contributed by atoms with E-state index in [-0.39, 0.29) is 17.7 Å². The van der Waals surface area contributed by atoms with Gasteiger partial charge in [0, 0.05) is 19.4 Å². The number of aldehydes is 1. The summed E-state index contributed by atoms with van der Waals surface area (Å²) < 4.78 is 0. The molecule has 0 spiro atoms. The van der Waals surface area contributed by atoms with Crippen LogP contribution in [-0.4, -0.2) is 31.4 Å². The minimum absolute atomic E-state index is 0.00347. The lowest BCUT2D eigenvalue weighted by Gasteiger charge is -2.36. The fourth-order valence-corrected chi connectivity index (χ4v) is 2.86. The number of amides is 1. The van der Waals surface area contributed by atoms with Crippen molar-refractivity contribution < 1.29 is 14.4 Å². The van der Waals surface area contributed by atoms with Crippen LogP contribution in [0.5, 0.6) is 0 Å². The lowest BCUT2D eigenvalue weighted by Crippen LogP contribution is -2.36. The van der Waals surface area contributed by atoms with Crippen LogP contribution in [0.4, 0.5) is 0 Å². The maximum Gasteiger partial charge on any atom is 0.246 e. The Morgan fingerprint density at radius 3 is 2.68 bits per heavy atom. The third-order valence-corrected chi connectivity index (χ3v) is 4.29. The lowest BCUT2D eigenvalue weighted by atomic mass is 9.68. The molecule has 3 atom stereocenters. The average Bonchev–Trinajstić information content (AvgIpc) is 2.39. The standard InChI is InChI=1S/C15H25NO3/c1-10(2)12-7-6-11(3)13(14(12)9-17)8-15(18)16(4)19-5/h6,9-10,12-14H,7-8H2,1-5H3/t12-,13+,14-/m1/s1. The Bertz CT molecular complexity index is 362. The van der Waals surface area contributed by atoms with E-state index in [4.69, 9.17) is 4.84 Å². The van der Waals surface area contributed by atoms with Crippen LogP contribution in [0.1, 0.15) is 33.6 Å². The zero-order valence-corrected chi connectivity index (χ0v) is 12.6. The molecule has 0 aromatic heterocycles. The van der Waals surface area contributed by atoms with Gasteiger partial charge in [0.2, 0.25) is 5.91 Å². The van der Waals surface area contributed by atoms with Gasteiger partial charge in [-0.3, -0.25) is 9.63 Å². The van der Waals surface area contributed by atoms with Gasteiger partial charge in [0.15, 0.2) is 0 Å². The first-order chi connectivity index (χ1) is 8.92. The van der Waals surface area contributed by atoms with Crippen molar-refractivity contribution in [2.75, 3.05) is 14.2 Å². The van der Waals surface area contributed by atoms with Crippen LogP contribution in [0.15, 0.2) is 11.6 Å². The molecule has 0 bridgehead atoms. The highest BCUT2D eigenvalue weighted by atomic mass is 16.7. The molecule has 0 heterocycles. The molecule has 1 rings (SSSR count). The predicted octanol–water partition coefficient (Wildman–Crippen LogP) is 2.45. The number of carbonyl (C=O) groups is 2. The number of nitrogens with zero attached hydrogens (tertiary/aromatic N) is 1. The van der Waals surface area contributed by atoms with E-state index in [9.17, 15) is 9.59 Å². The number of hydrogen-bond acceptors (Lipinski definition) is 3. The monoisotopic (exact) mass is 267 g/mol. The Balaban J connectivity index is 2.89. The Hall–Kier alpha value is -1.16. The van der Waals surface area contributed by atoms with Gasteiger partial charge in [-0.1, -0.05) is 25.5 Å². The van der Waals surface area contributed by atoms with Gasteiger partial charge in [-0.05, 0) is 31.1 Å². The molecule has 19 heavy (non-hydrogen) atoms. The smallest absolute Gasteiger partial charge is 0.246 e. The van der Waals surface area contributed by atoms with Gasteiger partial charge in [0.05, 0.1) is 7.11 Å². The predicted molar refractivity (Wildman–Crippen MR) is 74.1 cm³/mol. The van der Waals surface area contributed by atoms with Crippen LogP contribution in [-0.2, 0) is 14.4 Å². The van der Waals surface area contributed by atoms with E-state index in [0.717, 1.165) is 18.3 Å². The fraction of sp³-hybridized carbons (Fsp3) is 0.733. The maximum atomic E-state index is 12.0. The van der Waals surface area contributed by atoms with Gasteiger partial charge in [0.25, 0.3) is 0 Å². The molecule has 0 aliphatic heterocycles. The highest BCUT2D eigenvalue weighted by Crippen LogP contribution is 2.39. The Kier molecular flexibility index (Phi) is 5.73. The number of rotatable bonds is 5. The molecule has 4 nitrogen and oxygen atoms in total. The number of hydrogen-bond donors (Lipinski definition) is 0. The molecule has 0 saturated heterocycles. The van der Waals surface area contributed by atoms with E-state index >= 15 is 0 Å². The summed E-state index contributed by atoms with van der Waals surface area (Å²) in [5.74, 6) is 0.614. The van der Waals surface area contributed by atoms with E-state index in [1.54, 1.807) is 7.05 Å². The van der Waals surface area contributed by atoms with Crippen molar-refractivity contribution in [1.29, 1.82) is 0 Å². The second-order valence-electron chi connectivity index (χ2n) is 5.69. The topological polar surface area (TPSA) is 46.6 Å². The largest absolute Gasteiger partial charge is 0.303 e. The van der Waals surface area contributed by atoms with Gasteiger partial charge in [-0.25, -0.2) is 5.06 Å². The van der Waals surface area contributed by atoms with E-state index in [1.165, 1.54) is 12.2 Å². The zero-order chi connectivity index (χ0) is 14.6. The van der Waals surface area contributed by atoms with E-state index in [2.05, 4.69) is 19.9 Å². The third-order valence-electron chi connectivity index (χ3n) is 4.29. The number of allylic oxidation sites excluding steroid dienone is 2. The van der Waals surface area contributed by atoms with Crippen LogP contribution in [0.3, 0.4) is 0 Å². The molecule has 108 valence electrons. The fourth-order valence-electron chi connectivity index (χ4n) is 2.86. The summed E-state index contributed by atoms with van der Waals surface area (Å²) in [6.45, 7) is 6.28. The van der Waals surface area contributed by atoms with Crippen LogP contribution >= 0.6 is 0 Å². The molecular weight excluding hydrogens is 242 g/mol. The van der Waals surface area contributed by atoms with Gasteiger partial charge in [-0.2, -0.15) is 0 Å². The van der Waals surface area contributed by atoms with Crippen LogP contribution < -0.4 is 0 Å². The molecule has 0 saturated carbocycles. The first-order valence-corrected chi connectivity index (χ1v) is 6.85. The molecule has 1 aliphatic rings. The molecule has 0 aromatic rings. The van der Waals surface area contributed by atoms with E-state index in [0.29, 0.717) is 18.3 Å². The second kappa shape index (κ2) is 6.85. The molecular formula is C15H25NO3. The van der Waals surface area contributed by atoms with Crippen molar-refractivity contribution in [3.05, 3.63) is 11.6 Å². The molecule has 0 aromatic carbocycles. The summed E-state index contributed by atoms with van der Waals surface area (Å²) in [6.07, 6.45) is 4.47. The zero-order valence-electron chi connectivity index (χ0n) is 12.6. The number of carbonyl (C=O) groups excluding carboxylic acids is 2. The first kappa shape index (κ1) is 15.9. The highest BCUT2D eigenvalue weighted by Gasteiger charge is 2.36. The molecule has 4 heteroatoms. The summed E-state index contributed by atoms with van der Waals surface area (Å²) in [5, 5.41) is 1.23. The molecule has 0 radical (unpaired) electrons. The summed E-state index contributed by atoms with van der Waals surface area (Å²) in [7, 11) is 3.07. The minimum Gasteiger partial charge on any atom is -0.303 e. The van der Waals surface area contributed by atoms with Crippen molar-refractivity contribution in [3.8, 4) is 0 Å². The van der Waals surface area contributed by atoms with Crippen molar-refractivity contribution >= 4 is 12.2 Å². The lowest BCUT2D eigenvalue weighted by molar-refractivity contribution is -0.170. The van der Waals surface area contributed by atoms with Crippen LogP contribution in [0.25, 0.3) is 0 Å². The Morgan fingerprint density at radius 1 is 1.58 bits per heavy atom. The quantitative estimate of drug-likeness (QED) is 0.437. The van der Waals surface area contributed by atoms with Crippen molar-refractivity contribution in [2.45, 2.75) is 33.6 Å². The highest BCUT2D eigenvalue weighted by molar-refractivity contribution is 5.76. The summed E-state index contributed by atoms with van der Waals surface area (Å²) in [4.78, 5) is 28.4. The van der Waals surface area contributed by atoms with Gasteiger partial charge in [-0.15, -0.1) is 0 Å². The third kappa shape index (κ3) is 3.66. The summed E-state index contributed by atoms with van der Waals surface area (Å²) in [6, 6.07) is 0. The molecule has 1 amide bonds. The van der Waals surface area contributed by atoms with Crippen LogP contribution in [0.2, 0.25) is 0 Å². The molecule has 0 unspecified atom stereocenters. The summed E-state index contributed by atoms with van der Waals surface area (Å²) in [5.41, 5.74) is 1.15. The van der Waals surface area contributed by atoms with Gasteiger partial charge >= 0.3 is 0 Å². The van der Waals surface area contributed by atoms with Crippen LogP contribution in [0, 0.1) is 23.7 Å². The van der Waals surface area contributed by atoms with Crippen molar-refractivity contribution in [3.63, 3.8) is 0 Å². The van der Waals surface area contributed by atoms with Crippen molar-refractivity contribution in [2.24, 2.45) is 23.7 Å². The molecule has 0 fully saturated rings. The average molecular weight is 267 g/mol. The van der Waals surface area contributed by atoms with Gasteiger partial charge in [0.1, 0.15) is 6.29 Å². The Morgan fingerprint density at radius 2 is 2.21 bits per heavy atom. The second-order valence-corrected chi connectivity index (χ2v) is 5.69. The first-order valence-electron chi connectivity index (χ1n) is 6.85. The summed E-state index contributed by atoms with van der Waals surface area (Å²) >= 11 is 0. The Labute approximate surface area is 115 Å². The van der Waals surface area contributed by atoms with E-state index < -0.39 is 0 Å². The number of hydroxylamine groups is 2. The maximum absolute atomic E-state index is 12.0. The van der Waals surface area contributed by atoms with E-state index in [1.807, 2.05) is 6.92 Å². The van der Waals surface area contributed by atoms with Gasteiger partial charge < -0.3 is 4.79 Å².